The van der Waals surface area contributed by atoms with Gasteiger partial charge in [0.05, 0.1) is 0 Å². The lowest BCUT2D eigenvalue weighted by molar-refractivity contribution is 0.00554. The Hall–Kier alpha value is -2.53. The Morgan fingerprint density at radius 3 is 2.30 bits per heavy atom. The van der Waals surface area contributed by atoms with Crippen LogP contribution < -0.4 is 0 Å². The first-order chi connectivity index (χ1) is 12.8. The van der Waals surface area contributed by atoms with E-state index in [2.05, 4.69) is 0 Å². The van der Waals surface area contributed by atoms with Crippen molar-refractivity contribution in [3.05, 3.63) is 65.7 Å². The SMILES string of the molecule is CC(C)(C)OC(=O)N(CO)CCC(Cc1ccccc1O)c1ccccc1. The largest absolute Gasteiger partial charge is 0.508 e. The molecule has 0 saturated heterocycles. The quantitative estimate of drug-likeness (QED) is 0.712. The number of amides is 1. The maximum Gasteiger partial charge on any atom is 0.412 e. The molecule has 1 unspecified atom stereocenters. The fraction of sp³-hybridized carbons (Fsp3) is 0.409. The van der Waals surface area contributed by atoms with E-state index in [1.807, 2.05) is 42.5 Å². The van der Waals surface area contributed by atoms with Crippen LogP contribution in [-0.4, -0.2) is 40.1 Å². The van der Waals surface area contributed by atoms with Crippen LogP contribution in [0.15, 0.2) is 54.6 Å². The van der Waals surface area contributed by atoms with Crippen molar-refractivity contribution >= 4 is 6.09 Å². The number of phenols is 1. The lowest BCUT2D eigenvalue weighted by Crippen LogP contribution is -2.38. The minimum Gasteiger partial charge on any atom is -0.508 e. The number of aromatic hydroxyl groups is 1. The molecule has 0 spiro atoms. The van der Waals surface area contributed by atoms with Gasteiger partial charge >= 0.3 is 6.09 Å². The zero-order valence-corrected chi connectivity index (χ0v) is 16.3. The van der Waals surface area contributed by atoms with E-state index in [1.54, 1.807) is 32.9 Å². The highest BCUT2D eigenvalue weighted by Crippen LogP contribution is 2.28. The topological polar surface area (TPSA) is 70.0 Å². The molecule has 2 aromatic rings. The summed E-state index contributed by atoms with van der Waals surface area (Å²) in [5.74, 6) is 0.362. The molecular formula is C22H29NO4. The highest BCUT2D eigenvalue weighted by molar-refractivity contribution is 5.67. The van der Waals surface area contributed by atoms with Gasteiger partial charge in [-0.25, -0.2) is 4.79 Å². The Bertz CT molecular complexity index is 725. The van der Waals surface area contributed by atoms with Gasteiger partial charge < -0.3 is 14.9 Å². The summed E-state index contributed by atoms with van der Waals surface area (Å²) in [6.07, 6.45) is 0.752. The molecule has 0 heterocycles. The van der Waals surface area contributed by atoms with Crippen molar-refractivity contribution in [3.8, 4) is 5.75 Å². The lowest BCUT2D eigenvalue weighted by Gasteiger charge is -2.27. The molecule has 146 valence electrons. The van der Waals surface area contributed by atoms with Gasteiger partial charge in [0.1, 0.15) is 18.1 Å². The van der Waals surface area contributed by atoms with Gasteiger partial charge in [0, 0.05) is 6.54 Å². The molecule has 0 bridgehead atoms. The highest BCUT2D eigenvalue weighted by atomic mass is 16.6. The normalized spacial score (nSPS) is 12.4. The Balaban J connectivity index is 2.12. The Morgan fingerprint density at radius 2 is 1.70 bits per heavy atom. The molecule has 0 aliphatic rings. The molecular weight excluding hydrogens is 342 g/mol. The zero-order chi connectivity index (χ0) is 19.9. The van der Waals surface area contributed by atoms with Crippen molar-refractivity contribution in [2.24, 2.45) is 0 Å². The maximum absolute atomic E-state index is 12.3. The molecule has 0 aliphatic carbocycles. The summed E-state index contributed by atoms with van der Waals surface area (Å²) >= 11 is 0. The fourth-order valence-corrected chi connectivity index (χ4v) is 2.92. The number of hydrogen-bond acceptors (Lipinski definition) is 4. The van der Waals surface area contributed by atoms with Crippen LogP contribution in [0.4, 0.5) is 4.79 Å². The summed E-state index contributed by atoms with van der Waals surface area (Å²) in [6.45, 7) is 5.35. The van der Waals surface area contributed by atoms with Crippen molar-refractivity contribution in [1.29, 1.82) is 0 Å². The number of hydrogen-bond donors (Lipinski definition) is 2. The molecule has 1 atom stereocenters. The summed E-state index contributed by atoms with van der Waals surface area (Å²) in [7, 11) is 0. The molecule has 0 saturated carbocycles. The third kappa shape index (κ3) is 6.61. The van der Waals surface area contributed by atoms with Crippen LogP contribution in [0.25, 0.3) is 0 Å². The minimum atomic E-state index is -0.612. The summed E-state index contributed by atoms with van der Waals surface area (Å²) in [5, 5.41) is 19.7. The first-order valence-electron chi connectivity index (χ1n) is 9.21. The first kappa shape index (κ1) is 20.8. The summed E-state index contributed by atoms with van der Waals surface area (Å²) in [6, 6.07) is 17.3. The summed E-state index contributed by atoms with van der Waals surface area (Å²) < 4.78 is 5.35. The molecule has 5 heteroatoms. The Labute approximate surface area is 161 Å². The van der Waals surface area contributed by atoms with E-state index in [-0.39, 0.29) is 11.7 Å². The number of aliphatic hydroxyl groups is 1. The number of aliphatic hydroxyl groups excluding tert-OH is 1. The Kier molecular flexibility index (Phi) is 7.25. The van der Waals surface area contributed by atoms with Crippen molar-refractivity contribution in [3.63, 3.8) is 0 Å². The molecule has 0 aliphatic heterocycles. The van der Waals surface area contributed by atoms with Crippen LogP contribution in [0.5, 0.6) is 5.75 Å². The zero-order valence-electron chi connectivity index (χ0n) is 16.3. The van der Waals surface area contributed by atoms with Crippen LogP contribution >= 0.6 is 0 Å². The van der Waals surface area contributed by atoms with E-state index in [0.717, 1.165) is 11.1 Å². The van der Waals surface area contributed by atoms with Gasteiger partial charge in [0.2, 0.25) is 0 Å². The number of phenolic OH excluding ortho intramolecular Hbond substituents is 1. The van der Waals surface area contributed by atoms with Crippen LogP contribution in [0, 0.1) is 0 Å². The predicted molar refractivity (Wildman–Crippen MR) is 106 cm³/mol. The van der Waals surface area contributed by atoms with Crippen LogP contribution in [0.1, 0.15) is 44.2 Å². The van der Waals surface area contributed by atoms with E-state index >= 15 is 0 Å². The van der Waals surface area contributed by atoms with E-state index in [9.17, 15) is 15.0 Å². The molecule has 0 fully saturated rings. The molecule has 0 radical (unpaired) electrons. The maximum atomic E-state index is 12.3. The molecule has 2 N–H and O–H groups in total. The number of carbonyl (C=O) groups is 1. The van der Waals surface area contributed by atoms with Crippen molar-refractivity contribution in [2.75, 3.05) is 13.3 Å². The summed E-state index contributed by atoms with van der Waals surface area (Å²) in [5.41, 5.74) is 1.38. The lowest BCUT2D eigenvalue weighted by atomic mass is 9.89. The number of para-hydroxylation sites is 1. The molecule has 5 nitrogen and oxygen atoms in total. The first-order valence-corrected chi connectivity index (χ1v) is 9.21. The molecule has 2 aromatic carbocycles. The minimum absolute atomic E-state index is 0.0935. The van der Waals surface area contributed by atoms with Gasteiger partial charge in [0.15, 0.2) is 0 Å². The number of carbonyl (C=O) groups excluding carboxylic acids is 1. The van der Waals surface area contributed by atoms with Crippen LogP contribution in [-0.2, 0) is 11.2 Å². The van der Waals surface area contributed by atoms with Gasteiger partial charge in [-0.15, -0.1) is 0 Å². The van der Waals surface area contributed by atoms with Gasteiger partial charge in [-0.1, -0.05) is 48.5 Å². The van der Waals surface area contributed by atoms with Gasteiger partial charge in [-0.05, 0) is 56.7 Å². The Morgan fingerprint density at radius 1 is 1.07 bits per heavy atom. The molecule has 2 rings (SSSR count). The molecule has 1 amide bonds. The van der Waals surface area contributed by atoms with E-state index < -0.39 is 18.4 Å². The predicted octanol–water partition coefficient (Wildman–Crippen LogP) is 4.30. The van der Waals surface area contributed by atoms with Crippen LogP contribution in [0.3, 0.4) is 0 Å². The average Bonchev–Trinajstić information content (AvgIpc) is 2.62. The van der Waals surface area contributed by atoms with Gasteiger partial charge in [0.25, 0.3) is 0 Å². The number of benzene rings is 2. The van der Waals surface area contributed by atoms with Crippen molar-refractivity contribution < 1.29 is 19.7 Å². The third-order valence-corrected chi connectivity index (χ3v) is 4.30. The highest BCUT2D eigenvalue weighted by Gasteiger charge is 2.23. The number of nitrogens with zero attached hydrogens (tertiary/aromatic N) is 1. The average molecular weight is 371 g/mol. The second-order valence-corrected chi connectivity index (χ2v) is 7.61. The molecule has 27 heavy (non-hydrogen) atoms. The number of ether oxygens (including phenoxy) is 1. The summed E-state index contributed by atoms with van der Waals surface area (Å²) in [4.78, 5) is 13.6. The second kappa shape index (κ2) is 9.42. The second-order valence-electron chi connectivity index (χ2n) is 7.61. The molecule has 0 aromatic heterocycles. The fourth-order valence-electron chi connectivity index (χ4n) is 2.92. The standard InChI is InChI=1S/C22H29NO4/c1-22(2,3)27-21(26)23(16-24)14-13-18(17-9-5-4-6-10-17)15-19-11-7-8-12-20(19)25/h4-12,18,24-25H,13-16H2,1-3H3. The van der Waals surface area contributed by atoms with Gasteiger partial charge in [-0.3, -0.25) is 4.90 Å². The van der Waals surface area contributed by atoms with E-state index in [1.165, 1.54) is 4.90 Å². The number of rotatable bonds is 7. The van der Waals surface area contributed by atoms with Crippen molar-refractivity contribution in [1.82, 2.24) is 4.90 Å². The monoisotopic (exact) mass is 371 g/mol. The van der Waals surface area contributed by atoms with E-state index in [0.29, 0.717) is 19.4 Å². The van der Waals surface area contributed by atoms with Crippen molar-refractivity contribution in [2.45, 2.75) is 45.1 Å². The van der Waals surface area contributed by atoms with E-state index in [4.69, 9.17) is 4.74 Å². The smallest absolute Gasteiger partial charge is 0.412 e. The van der Waals surface area contributed by atoms with Crippen LogP contribution in [0.2, 0.25) is 0 Å². The van der Waals surface area contributed by atoms with Gasteiger partial charge in [-0.2, -0.15) is 0 Å². The third-order valence-electron chi connectivity index (χ3n) is 4.30.